The monoisotopic (exact) mass is 313 g/mol. The maximum absolute atomic E-state index is 8.34. The molecular formula is C23H21N. The van der Waals surface area contributed by atoms with Crippen molar-refractivity contribution in [3.63, 3.8) is 0 Å². The minimum atomic E-state index is -1.37. The first-order chi connectivity index (χ1) is 12.5. The Morgan fingerprint density at radius 2 is 1.67 bits per heavy atom. The Labute approximate surface area is 145 Å². The topological polar surface area (TPSA) is 12.9 Å². The highest BCUT2D eigenvalue weighted by Crippen LogP contribution is 2.29. The average Bonchev–Trinajstić information content (AvgIpc) is 2.67. The highest BCUT2D eigenvalue weighted by molar-refractivity contribution is 6.08. The van der Waals surface area contributed by atoms with Crippen LogP contribution in [0.25, 0.3) is 32.8 Å². The summed E-state index contributed by atoms with van der Waals surface area (Å²) in [4.78, 5) is 4.48. The molecule has 0 fully saturated rings. The van der Waals surface area contributed by atoms with Gasteiger partial charge in [0.2, 0.25) is 0 Å². The summed E-state index contributed by atoms with van der Waals surface area (Å²) >= 11 is 0. The number of pyridine rings is 1. The van der Waals surface area contributed by atoms with Crippen molar-refractivity contribution in [2.45, 2.75) is 20.2 Å². The number of hydrogen-bond acceptors (Lipinski definition) is 1. The van der Waals surface area contributed by atoms with Crippen molar-refractivity contribution >= 4 is 21.5 Å². The van der Waals surface area contributed by atoms with Gasteiger partial charge in [0.1, 0.15) is 0 Å². The molecule has 0 amide bonds. The summed E-state index contributed by atoms with van der Waals surface area (Å²) < 4.78 is 16.7. The lowest BCUT2D eigenvalue weighted by Gasteiger charge is -2.09. The van der Waals surface area contributed by atoms with Gasteiger partial charge in [-0.1, -0.05) is 62.4 Å². The molecule has 0 aliphatic rings. The van der Waals surface area contributed by atoms with E-state index in [0.29, 0.717) is 5.56 Å². The van der Waals surface area contributed by atoms with Crippen LogP contribution in [0.3, 0.4) is 0 Å². The van der Waals surface area contributed by atoms with Gasteiger partial charge < -0.3 is 0 Å². The zero-order valence-electron chi connectivity index (χ0n) is 16.0. The van der Waals surface area contributed by atoms with Crippen LogP contribution in [0.5, 0.6) is 0 Å². The van der Waals surface area contributed by atoms with Crippen LogP contribution in [-0.4, -0.2) is 4.98 Å². The molecule has 0 bridgehead atoms. The lowest BCUT2D eigenvalue weighted by Crippen LogP contribution is -1.95. The lowest BCUT2D eigenvalue weighted by atomic mass is 9.98. The Hall–Kier alpha value is -2.67. The van der Waals surface area contributed by atoms with E-state index in [1.165, 1.54) is 21.5 Å². The van der Waals surface area contributed by atoms with Crippen LogP contribution in [0, 0.1) is 5.92 Å². The zero-order chi connectivity index (χ0) is 18.3. The van der Waals surface area contributed by atoms with Crippen molar-refractivity contribution in [1.29, 1.82) is 0 Å². The third-order valence-corrected chi connectivity index (χ3v) is 4.26. The van der Waals surface area contributed by atoms with Gasteiger partial charge in [-0.15, -0.1) is 0 Å². The molecule has 3 aromatic carbocycles. The molecule has 0 spiro atoms. The molecule has 0 N–H and O–H groups in total. The fraction of sp³-hybridized carbons (Fsp3) is 0.174. The van der Waals surface area contributed by atoms with E-state index in [9.17, 15) is 0 Å². The van der Waals surface area contributed by atoms with Crippen molar-refractivity contribution in [1.82, 2.24) is 4.98 Å². The molecule has 0 aliphatic carbocycles. The smallest absolute Gasteiger partial charge is 0.0704 e. The quantitative estimate of drug-likeness (QED) is 0.407. The average molecular weight is 313 g/mol. The van der Waals surface area contributed by atoms with Crippen LogP contribution in [0.4, 0.5) is 0 Å². The second-order valence-corrected chi connectivity index (χ2v) is 6.45. The Morgan fingerprint density at radius 3 is 2.54 bits per heavy atom. The van der Waals surface area contributed by atoms with Gasteiger partial charge in [0.15, 0.2) is 0 Å². The van der Waals surface area contributed by atoms with Gasteiger partial charge in [-0.3, -0.25) is 4.98 Å². The van der Waals surface area contributed by atoms with Crippen LogP contribution in [0.1, 0.15) is 22.2 Å². The second-order valence-electron chi connectivity index (χ2n) is 6.45. The van der Waals surface area contributed by atoms with E-state index in [1.807, 2.05) is 19.9 Å². The summed E-state index contributed by atoms with van der Waals surface area (Å²) in [6, 6.07) is 22.7. The summed E-state index contributed by atoms with van der Waals surface area (Å²) in [5.74, 6) is -0.0966. The van der Waals surface area contributed by atoms with Gasteiger partial charge in [-0.25, -0.2) is 0 Å². The first-order valence-corrected chi connectivity index (χ1v) is 8.35. The SMILES string of the molecule is [2H]C([2H])(c1ccnc(-c2ccc3c(ccc4ccccc43)c2)c1)C(C)C. The molecule has 1 heterocycles. The van der Waals surface area contributed by atoms with Crippen LogP contribution in [0.2, 0.25) is 0 Å². The first kappa shape index (κ1) is 12.7. The Kier molecular flexibility index (Phi) is 3.22. The molecule has 118 valence electrons. The minimum Gasteiger partial charge on any atom is -0.256 e. The van der Waals surface area contributed by atoms with Crippen molar-refractivity contribution < 1.29 is 2.74 Å². The number of nitrogens with zero attached hydrogens (tertiary/aromatic N) is 1. The maximum Gasteiger partial charge on any atom is 0.0704 e. The normalized spacial score (nSPS) is 13.3. The molecule has 4 rings (SSSR count). The van der Waals surface area contributed by atoms with Gasteiger partial charge in [-0.2, -0.15) is 0 Å². The molecule has 0 saturated carbocycles. The Balaban J connectivity index is 1.84. The van der Waals surface area contributed by atoms with Crippen LogP contribution >= 0.6 is 0 Å². The molecule has 4 aromatic rings. The molecule has 0 unspecified atom stereocenters. The third-order valence-electron chi connectivity index (χ3n) is 4.26. The summed E-state index contributed by atoms with van der Waals surface area (Å²) in [5, 5.41) is 4.87. The fourth-order valence-electron chi connectivity index (χ4n) is 3.18. The second kappa shape index (κ2) is 6.09. The molecule has 1 aromatic heterocycles. The van der Waals surface area contributed by atoms with Crippen LogP contribution in [0.15, 0.2) is 72.9 Å². The highest BCUT2D eigenvalue weighted by Gasteiger charge is 2.06. The van der Waals surface area contributed by atoms with E-state index in [2.05, 4.69) is 59.6 Å². The van der Waals surface area contributed by atoms with Gasteiger partial charge in [0, 0.05) is 14.5 Å². The zero-order valence-corrected chi connectivity index (χ0v) is 14.0. The molecule has 24 heavy (non-hydrogen) atoms. The summed E-state index contributed by atoms with van der Waals surface area (Å²) in [6.07, 6.45) is 0.334. The van der Waals surface area contributed by atoms with E-state index in [1.54, 1.807) is 12.3 Å². The number of benzene rings is 3. The van der Waals surface area contributed by atoms with Crippen molar-refractivity contribution in [2.75, 3.05) is 0 Å². The van der Waals surface area contributed by atoms with E-state index in [-0.39, 0.29) is 5.92 Å². The van der Waals surface area contributed by atoms with Gasteiger partial charge >= 0.3 is 0 Å². The van der Waals surface area contributed by atoms with Gasteiger partial charge in [0.05, 0.1) is 5.69 Å². The van der Waals surface area contributed by atoms with E-state index >= 15 is 0 Å². The van der Waals surface area contributed by atoms with Crippen LogP contribution in [-0.2, 0) is 6.37 Å². The van der Waals surface area contributed by atoms with Gasteiger partial charge in [0.25, 0.3) is 0 Å². The highest BCUT2D eigenvalue weighted by atomic mass is 14.7. The maximum atomic E-state index is 8.34. The fourth-order valence-corrected chi connectivity index (χ4v) is 3.18. The third kappa shape index (κ3) is 2.78. The van der Waals surface area contributed by atoms with Crippen LogP contribution < -0.4 is 0 Å². The minimum absolute atomic E-state index is 0.0966. The number of rotatable bonds is 3. The molecule has 0 radical (unpaired) electrons. The molecule has 0 atom stereocenters. The van der Waals surface area contributed by atoms with Crippen molar-refractivity contribution in [3.05, 3.63) is 78.5 Å². The number of hydrogen-bond donors (Lipinski definition) is 0. The first-order valence-electron chi connectivity index (χ1n) is 9.35. The molecule has 1 heteroatoms. The predicted molar refractivity (Wildman–Crippen MR) is 103 cm³/mol. The molecule has 1 nitrogen and oxygen atoms in total. The standard InChI is InChI=1S/C23H21N/c1-16(2)13-17-11-12-24-23(14-17)20-9-10-22-19(15-20)8-7-18-5-3-4-6-21(18)22/h3-12,14-16H,13H2,1-2H3/i13D2. The van der Waals surface area contributed by atoms with E-state index in [0.717, 1.165) is 11.3 Å². The Bertz CT molecular complexity index is 1100. The molecule has 0 aliphatic heterocycles. The van der Waals surface area contributed by atoms with Crippen molar-refractivity contribution in [2.24, 2.45) is 5.92 Å². The van der Waals surface area contributed by atoms with E-state index in [4.69, 9.17) is 2.74 Å². The number of aromatic nitrogens is 1. The number of fused-ring (bicyclic) bond motifs is 3. The summed E-state index contributed by atoms with van der Waals surface area (Å²) in [6.45, 7) is 3.81. The molecule has 0 saturated heterocycles. The van der Waals surface area contributed by atoms with Gasteiger partial charge in [-0.05, 0) is 57.6 Å². The summed E-state index contributed by atoms with van der Waals surface area (Å²) in [5.41, 5.74) is 2.49. The largest absolute Gasteiger partial charge is 0.256 e. The van der Waals surface area contributed by atoms with E-state index < -0.39 is 6.37 Å². The lowest BCUT2D eigenvalue weighted by molar-refractivity contribution is 0.647. The summed E-state index contributed by atoms with van der Waals surface area (Å²) in [7, 11) is 0. The van der Waals surface area contributed by atoms with Crippen molar-refractivity contribution in [3.8, 4) is 11.3 Å². The predicted octanol–water partition coefficient (Wildman–Crippen LogP) is 6.25. The Morgan fingerprint density at radius 1 is 0.875 bits per heavy atom. The molecular weight excluding hydrogens is 290 g/mol.